The lowest BCUT2D eigenvalue weighted by Crippen LogP contribution is -2.40. The number of likely N-dealkylation sites (N-methyl/N-ethyl adjacent to an activating group) is 1. The van der Waals surface area contributed by atoms with E-state index in [9.17, 15) is 23.3 Å². The predicted octanol–water partition coefficient (Wildman–Crippen LogP) is 1.63. The highest BCUT2D eigenvalue weighted by atomic mass is 32.2. The SMILES string of the molecule is CCCNC(=O)CN(C)c1ccc(S(=O)(=O)NC(C)(C)C)cc1[N+](=O)[O-]. The predicted molar refractivity (Wildman–Crippen MR) is 99.7 cm³/mol. The summed E-state index contributed by atoms with van der Waals surface area (Å²) < 4.78 is 27.2. The van der Waals surface area contributed by atoms with Crippen LogP contribution in [0.3, 0.4) is 0 Å². The van der Waals surface area contributed by atoms with E-state index in [1.165, 1.54) is 24.1 Å². The molecular formula is C16H26N4O5S. The Hall–Kier alpha value is -2.20. The summed E-state index contributed by atoms with van der Waals surface area (Å²) in [7, 11) is -2.37. The summed E-state index contributed by atoms with van der Waals surface area (Å²) >= 11 is 0. The van der Waals surface area contributed by atoms with Crippen LogP contribution < -0.4 is 14.9 Å². The van der Waals surface area contributed by atoms with Gasteiger partial charge in [0, 0.05) is 25.2 Å². The van der Waals surface area contributed by atoms with Crippen LogP contribution in [0.4, 0.5) is 11.4 Å². The summed E-state index contributed by atoms with van der Waals surface area (Å²) in [5.41, 5.74) is -0.940. The van der Waals surface area contributed by atoms with Gasteiger partial charge in [-0.25, -0.2) is 13.1 Å². The molecule has 1 aromatic rings. The Kier molecular flexibility index (Phi) is 7.10. The molecule has 0 fully saturated rings. The van der Waals surface area contributed by atoms with Crippen LogP contribution in [0.25, 0.3) is 0 Å². The van der Waals surface area contributed by atoms with E-state index in [0.717, 1.165) is 12.5 Å². The van der Waals surface area contributed by atoms with Crippen LogP contribution in [0.2, 0.25) is 0 Å². The number of hydrogen-bond acceptors (Lipinski definition) is 6. The van der Waals surface area contributed by atoms with Crippen molar-refractivity contribution in [1.29, 1.82) is 0 Å². The number of nitro groups is 1. The second kappa shape index (κ2) is 8.45. The maximum Gasteiger partial charge on any atom is 0.293 e. The fourth-order valence-electron chi connectivity index (χ4n) is 2.22. The maximum absolute atomic E-state index is 12.4. The lowest BCUT2D eigenvalue weighted by atomic mass is 10.1. The van der Waals surface area contributed by atoms with Crippen LogP contribution in [-0.4, -0.2) is 44.9 Å². The van der Waals surface area contributed by atoms with Crippen LogP contribution in [0.15, 0.2) is 23.1 Å². The minimum Gasteiger partial charge on any atom is -0.360 e. The quantitative estimate of drug-likeness (QED) is 0.517. The first-order valence-corrected chi connectivity index (χ1v) is 9.66. The van der Waals surface area contributed by atoms with Gasteiger partial charge >= 0.3 is 0 Å². The summed E-state index contributed by atoms with van der Waals surface area (Å²) in [6, 6.07) is 3.63. The van der Waals surface area contributed by atoms with Crippen molar-refractivity contribution in [3.8, 4) is 0 Å². The van der Waals surface area contributed by atoms with Gasteiger partial charge in [-0.15, -0.1) is 0 Å². The molecule has 146 valence electrons. The van der Waals surface area contributed by atoms with E-state index in [-0.39, 0.29) is 28.7 Å². The molecule has 0 aromatic heterocycles. The fraction of sp³-hybridized carbons (Fsp3) is 0.562. The van der Waals surface area contributed by atoms with Crippen molar-refractivity contribution >= 4 is 27.3 Å². The number of sulfonamides is 1. The molecule has 0 aliphatic heterocycles. The summed E-state index contributed by atoms with van der Waals surface area (Å²) in [5, 5.41) is 14.1. The maximum atomic E-state index is 12.4. The van der Waals surface area contributed by atoms with E-state index in [1.54, 1.807) is 20.8 Å². The number of rotatable bonds is 8. The summed E-state index contributed by atoms with van der Waals surface area (Å²) in [6.07, 6.45) is 0.781. The van der Waals surface area contributed by atoms with Crippen molar-refractivity contribution in [2.45, 2.75) is 44.6 Å². The second-order valence-electron chi connectivity index (χ2n) is 6.97. The molecule has 0 atom stereocenters. The average molecular weight is 386 g/mol. The van der Waals surface area contributed by atoms with Gasteiger partial charge in [0.25, 0.3) is 5.69 Å². The van der Waals surface area contributed by atoms with Gasteiger partial charge in [0.05, 0.1) is 16.4 Å². The van der Waals surface area contributed by atoms with Gasteiger partial charge in [-0.2, -0.15) is 0 Å². The van der Waals surface area contributed by atoms with Crippen molar-refractivity contribution in [3.05, 3.63) is 28.3 Å². The monoisotopic (exact) mass is 386 g/mol. The summed E-state index contributed by atoms with van der Waals surface area (Å²) in [4.78, 5) is 23.8. The van der Waals surface area contributed by atoms with Crippen molar-refractivity contribution < 1.29 is 18.1 Å². The van der Waals surface area contributed by atoms with Crippen molar-refractivity contribution in [1.82, 2.24) is 10.0 Å². The molecule has 0 heterocycles. The summed E-state index contributed by atoms with van der Waals surface area (Å²) in [6.45, 7) is 7.39. The van der Waals surface area contributed by atoms with Crippen molar-refractivity contribution in [2.75, 3.05) is 25.0 Å². The molecule has 0 saturated heterocycles. The van der Waals surface area contributed by atoms with Crippen LogP contribution in [0, 0.1) is 10.1 Å². The smallest absolute Gasteiger partial charge is 0.293 e. The highest BCUT2D eigenvalue weighted by Gasteiger charge is 2.26. The minimum atomic E-state index is -3.90. The molecule has 0 radical (unpaired) electrons. The number of nitrogens with one attached hydrogen (secondary N) is 2. The van der Waals surface area contributed by atoms with Gasteiger partial charge in [-0.1, -0.05) is 6.92 Å². The first-order chi connectivity index (χ1) is 11.9. The zero-order valence-corrected chi connectivity index (χ0v) is 16.5. The highest BCUT2D eigenvalue weighted by molar-refractivity contribution is 7.89. The summed E-state index contributed by atoms with van der Waals surface area (Å²) in [5.74, 6) is -0.269. The van der Waals surface area contributed by atoms with Gasteiger partial charge in [0.1, 0.15) is 5.69 Å². The number of hydrogen-bond donors (Lipinski definition) is 2. The van der Waals surface area contributed by atoms with Crippen molar-refractivity contribution in [2.24, 2.45) is 0 Å². The first kappa shape index (κ1) is 21.8. The van der Waals surface area contributed by atoms with E-state index < -0.39 is 20.5 Å². The molecule has 10 heteroatoms. The standard InChI is InChI=1S/C16H26N4O5S/c1-6-9-17-15(21)11-19(5)13-8-7-12(10-14(13)20(22)23)26(24,25)18-16(2,3)4/h7-8,10,18H,6,9,11H2,1-5H3,(H,17,21). The lowest BCUT2D eigenvalue weighted by Gasteiger charge is -2.21. The average Bonchev–Trinajstić information content (AvgIpc) is 2.49. The Bertz CT molecular complexity index is 771. The number of benzene rings is 1. The number of carbonyl (C=O) groups excluding carboxylic acids is 1. The van der Waals surface area contributed by atoms with E-state index in [4.69, 9.17) is 0 Å². The highest BCUT2D eigenvalue weighted by Crippen LogP contribution is 2.30. The number of anilines is 1. The Morgan fingerprint density at radius 2 is 1.92 bits per heavy atom. The Morgan fingerprint density at radius 3 is 2.42 bits per heavy atom. The molecule has 0 aliphatic carbocycles. The van der Waals surface area contributed by atoms with E-state index in [2.05, 4.69) is 10.0 Å². The second-order valence-corrected chi connectivity index (χ2v) is 8.65. The zero-order valence-electron chi connectivity index (χ0n) is 15.7. The zero-order chi connectivity index (χ0) is 20.1. The van der Waals surface area contributed by atoms with Gasteiger partial charge in [0.2, 0.25) is 15.9 Å². The number of nitro benzene ring substituents is 1. The van der Waals surface area contributed by atoms with E-state index in [1.807, 2.05) is 6.92 Å². The van der Waals surface area contributed by atoms with Gasteiger partial charge < -0.3 is 10.2 Å². The minimum absolute atomic E-state index is 0.0762. The third-order valence-electron chi connectivity index (χ3n) is 3.26. The van der Waals surface area contributed by atoms with Crippen LogP contribution in [-0.2, 0) is 14.8 Å². The molecule has 1 amide bonds. The lowest BCUT2D eigenvalue weighted by molar-refractivity contribution is -0.384. The first-order valence-electron chi connectivity index (χ1n) is 8.17. The number of amides is 1. The van der Waals surface area contributed by atoms with Gasteiger partial charge in [0.15, 0.2) is 0 Å². The molecule has 0 spiro atoms. The number of nitrogens with zero attached hydrogens (tertiary/aromatic N) is 2. The third kappa shape index (κ3) is 6.26. The van der Waals surface area contributed by atoms with E-state index >= 15 is 0 Å². The molecule has 9 nitrogen and oxygen atoms in total. The Balaban J connectivity index is 3.17. The Labute approximate surface area is 154 Å². The molecule has 0 aliphatic rings. The van der Waals surface area contributed by atoms with Crippen LogP contribution in [0.1, 0.15) is 34.1 Å². The van der Waals surface area contributed by atoms with Crippen LogP contribution in [0.5, 0.6) is 0 Å². The van der Waals surface area contributed by atoms with Gasteiger partial charge in [-0.05, 0) is 39.3 Å². The number of carbonyl (C=O) groups is 1. The largest absolute Gasteiger partial charge is 0.360 e. The fourth-order valence-corrected chi connectivity index (χ4v) is 3.66. The molecule has 2 N–H and O–H groups in total. The third-order valence-corrected chi connectivity index (χ3v) is 5.01. The molecule has 26 heavy (non-hydrogen) atoms. The van der Waals surface area contributed by atoms with Gasteiger partial charge in [-0.3, -0.25) is 14.9 Å². The molecule has 0 bridgehead atoms. The molecule has 0 unspecified atom stereocenters. The Morgan fingerprint density at radius 1 is 1.31 bits per heavy atom. The van der Waals surface area contributed by atoms with Crippen molar-refractivity contribution in [3.63, 3.8) is 0 Å². The molecule has 1 rings (SSSR count). The van der Waals surface area contributed by atoms with E-state index in [0.29, 0.717) is 6.54 Å². The molecule has 1 aromatic carbocycles. The topological polar surface area (TPSA) is 122 Å². The normalized spacial score (nSPS) is 11.9. The molecular weight excluding hydrogens is 360 g/mol. The molecule has 0 saturated carbocycles. The van der Waals surface area contributed by atoms with Crippen LogP contribution >= 0.6 is 0 Å².